The largest absolute Gasteiger partial charge is 0.391 e. The van der Waals surface area contributed by atoms with Crippen LogP contribution in [-0.2, 0) is 41.1 Å². The summed E-state index contributed by atoms with van der Waals surface area (Å²) in [6, 6.07) is 24.8. The van der Waals surface area contributed by atoms with Crippen LogP contribution in [0, 0.1) is 6.92 Å². The van der Waals surface area contributed by atoms with Gasteiger partial charge in [0.25, 0.3) is 10.1 Å². The molecule has 0 aliphatic rings. The summed E-state index contributed by atoms with van der Waals surface area (Å²) in [5.74, 6) is 0. The van der Waals surface area contributed by atoms with E-state index in [4.69, 9.17) is 13.2 Å². The number of rotatable bonds is 13. The summed E-state index contributed by atoms with van der Waals surface area (Å²) in [6.45, 7) is 1.55. The van der Waals surface area contributed by atoms with Crippen molar-refractivity contribution in [2.24, 2.45) is 0 Å². The standard InChI is InChI=1S/C25H29O7PS/c1-21-12-14-25(15-13-21)34(28,29)32-20-24(26)16-17-33(27,30-18-22-8-4-2-5-9-22)31-19-23-10-6-3-7-11-23/h2-15,24,26H,16-20H2,1H3/t24-/m1/s1. The highest BCUT2D eigenvalue weighted by Crippen LogP contribution is 2.50. The summed E-state index contributed by atoms with van der Waals surface area (Å²) in [6.07, 6.45) is -1.29. The second-order valence-electron chi connectivity index (χ2n) is 7.85. The number of aliphatic hydroxyl groups excluding tert-OH is 1. The molecule has 1 atom stereocenters. The van der Waals surface area contributed by atoms with Gasteiger partial charge in [-0.3, -0.25) is 8.75 Å². The summed E-state index contributed by atoms with van der Waals surface area (Å²) in [7, 11) is -7.61. The van der Waals surface area contributed by atoms with Crippen LogP contribution >= 0.6 is 7.60 Å². The zero-order valence-electron chi connectivity index (χ0n) is 18.9. The molecule has 182 valence electrons. The van der Waals surface area contributed by atoms with E-state index in [1.807, 2.05) is 67.6 Å². The van der Waals surface area contributed by atoms with E-state index in [0.29, 0.717) is 0 Å². The van der Waals surface area contributed by atoms with E-state index in [1.54, 1.807) is 12.1 Å². The summed E-state index contributed by atoms with van der Waals surface area (Å²) >= 11 is 0. The molecular weight excluding hydrogens is 475 g/mol. The van der Waals surface area contributed by atoms with Crippen molar-refractivity contribution in [3.05, 3.63) is 102 Å². The number of aliphatic hydroxyl groups is 1. The van der Waals surface area contributed by atoms with E-state index in [2.05, 4.69) is 0 Å². The Bertz CT molecular complexity index is 1120. The third kappa shape index (κ3) is 8.47. The Morgan fingerprint density at radius 1 is 0.824 bits per heavy atom. The summed E-state index contributed by atoms with van der Waals surface area (Å²) in [4.78, 5) is 0.00774. The Hall–Kier alpha value is -2.32. The van der Waals surface area contributed by atoms with Crippen LogP contribution in [0.2, 0.25) is 0 Å². The zero-order chi connectivity index (χ0) is 24.4. The van der Waals surface area contributed by atoms with Gasteiger partial charge in [-0.1, -0.05) is 78.4 Å². The first-order chi connectivity index (χ1) is 16.3. The lowest BCUT2D eigenvalue weighted by Crippen LogP contribution is -2.20. The molecule has 0 aliphatic carbocycles. The van der Waals surface area contributed by atoms with E-state index in [-0.39, 0.29) is 30.7 Å². The Morgan fingerprint density at radius 3 is 1.82 bits per heavy atom. The predicted octanol–water partition coefficient (Wildman–Crippen LogP) is 5.08. The molecule has 0 heterocycles. The van der Waals surface area contributed by atoms with Gasteiger partial charge in [-0.05, 0) is 36.6 Å². The third-order valence-corrected chi connectivity index (χ3v) is 8.15. The second-order valence-corrected chi connectivity index (χ2v) is 11.6. The van der Waals surface area contributed by atoms with Gasteiger partial charge in [0.1, 0.15) is 0 Å². The van der Waals surface area contributed by atoms with Crippen molar-refractivity contribution in [3.63, 3.8) is 0 Å². The molecular formula is C25H29O7PS. The molecule has 0 radical (unpaired) electrons. The fraction of sp³-hybridized carbons (Fsp3) is 0.280. The smallest absolute Gasteiger partial charge is 0.331 e. The first-order valence-electron chi connectivity index (χ1n) is 10.9. The highest BCUT2D eigenvalue weighted by molar-refractivity contribution is 7.86. The molecule has 0 fully saturated rings. The van der Waals surface area contributed by atoms with Crippen molar-refractivity contribution in [2.45, 2.75) is 37.6 Å². The maximum Gasteiger partial charge on any atom is 0.331 e. The molecule has 0 unspecified atom stereocenters. The van der Waals surface area contributed by atoms with Crippen molar-refractivity contribution in [3.8, 4) is 0 Å². The van der Waals surface area contributed by atoms with Crippen molar-refractivity contribution in [2.75, 3.05) is 12.8 Å². The molecule has 0 saturated carbocycles. The Labute approximate surface area is 201 Å². The summed E-state index contributed by atoms with van der Waals surface area (Å²) in [5.41, 5.74) is 2.58. The minimum atomic E-state index is -4.01. The summed E-state index contributed by atoms with van der Waals surface area (Å²) in [5, 5.41) is 10.3. The fourth-order valence-electron chi connectivity index (χ4n) is 2.99. The SMILES string of the molecule is Cc1ccc(S(=O)(=O)OC[C@H](O)CCP(=O)(OCc2ccccc2)OCc2ccccc2)cc1. The number of hydrogen-bond acceptors (Lipinski definition) is 7. The van der Waals surface area contributed by atoms with E-state index < -0.39 is 30.4 Å². The highest BCUT2D eigenvalue weighted by atomic mass is 32.2. The summed E-state index contributed by atoms with van der Waals surface area (Å²) < 4.78 is 54.4. The maximum absolute atomic E-state index is 13.4. The number of aryl methyl sites for hydroxylation is 1. The molecule has 3 rings (SSSR count). The van der Waals surface area contributed by atoms with E-state index in [1.165, 1.54) is 12.1 Å². The van der Waals surface area contributed by atoms with E-state index in [9.17, 15) is 18.1 Å². The Kier molecular flexibility index (Phi) is 9.59. The van der Waals surface area contributed by atoms with Crippen molar-refractivity contribution < 1.29 is 31.3 Å². The van der Waals surface area contributed by atoms with Crippen molar-refractivity contribution in [1.29, 1.82) is 0 Å². The van der Waals surface area contributed by atoms with Crippen LogP contribution in [0.4, 0.5) is 0 Å². The molecule has 7 nitrogen and oxygen atoms in total. The minimum Gasteiger partial charge on any atom is -0.391 e. The Balaban J connectivity index is 1.58. The normalized spacial score (nSPS) is 13.0. The lowest BCUT2D eigenvalue weighted by atomic mass is 10.2. The average Bonchev–Trinajstić information content (AvgIpc) is 2.86. The van der Waals surface area contributed by atoms with Gasteiger partial charge in [0, 0.05) is 0 Å². The number of hydrogen-bond donors (Lipinski definition) is 1. The molecule has 3 aromatic carbocycles. The lowest BCUT2D eigenvalue weighted by molar-refractivity contribution is 0.104. The van der Waals surface area contributed by atoms with Gasteiger partial charge >= 0.3 is 7.60 Å². The van der Waals surface area contributed by atoms with Gasteiger partial charge in [-0.25, -0.2) is 0 Å². The fourth-order valence-corrected chi connectivity index (χ4v) is 5.57. The quantitative estimate of drug-likeness (QED) is 0.256. The number of benzene rings is 3. The highest BCUT2D eigenvalue weighted by Gasteiger charge is 2.27. The average molecular weight is 505 g/mol. The van der Waals surface area contributed by atoms with Gasteiger partial charge < -0.3 is 14.2 Å². The van der Waals surface area contributed by atoms with Crippen LogP contribution in [0.25, 0.3) is 0 Å². The van der Waals surface area contributed by atoms with Crippen LogP contribution in [0.15, 0.2) is 89.8 Å². The van der Waals surface area contributed by atoms with Crippen molar-refractivity contribution >= 4 is 17.7 Å². The van der Waals surface area contributed by atoms with Crippen molar-refractivity contribution in [1.82, 2.24) is 0 Å². The van der Waals surface area contributed by atoms with Crippen LogP contribution in [0.5, 0.6) is 0 Å². The van der Waals surface area contributed by atoms with Gasteiger partial charge in [0.05, 0.1) is 37.0 Å². The van der Waals surface area contributed by atoms with Gasteiger partial charge in [-0.2, -0.15) is 8.42 Å². The molecule has 34 heavy (non-hydrogen) atoms. The molecule has 0 saturated heterocycles. The maximum atomic E-state index is 13.4. The van der Waals surface area contributed by atoms with Gasteiger partial charge in [0.15, 0.2) is 0 Å². The minimum absolute atomic E-state index is 0.00774. The van der Waals surface area contributed by atoms with Crippen LogP contribution in [0.3, 0.4) is 0 Å². The third-order valence-electron chi connectivity index (χ3n) is 5.00. The molecule has 0 spiro atoms. The first kappa shape index (κ1) is 26.3. The van der Waals surface area contributed by atoms with E-state index in [0.717, 1.165) is 16.7 Å². The molecule has 0 aromatic heterocycles. The molecule has 0 amide bonds. The molecule has 9 heteroatoms. The molecule has 0 aliphatic heterocycles. The van der Waals surface area contributed by atoms with Crippen LogP contribution < -0.4 is 0 Å². The predicted molar refractivity (Wildman–Crippen MR) is 130 cm³/mol. The lowest BCUT2D eigenvalue weighted by Gasteiger charge is -2.20. The van der Waals surface area contributed by atoms with Gasteiger partial charge in [-0.15, -0.1) is 0 Å². The Morgan fingerprint density at radius 2 is 1.32 bits per heavy atom. The van der Waals surface area contributed by atoms with Gasteiger partial charge in [0.2, 0.25) is 0 Å². The molecule has 1 N–H and O–H groups in total. The molecule has 0 bridgehead atoms. The first-order valence-corrected chi connectivity index (χ1v) is 14.0. The zero-order valence-corrected chi connectivity index (χ0v) is 20.7. The van der Waals surface area contributed by atoms with Crippen LogP contribution in [-0.4, -0.2) is 32.4 Å². The van der Waals surface area contributed by atoms with E-state index >= 15 is 0 Å². The molecule has 3 aromatic rings. The second kappa shape index (κ2) is 12.4. The monoisotopic (exact) mass is 504 g/mol. The van der Waals surface area contributed by atoms with Crippen LogP contribution in [0.1, 0.15) is 23.1 Å². The topological polar surface area (TPSA) is 99.1 Å².